The van der Waals surface area contributed by atoms with Gasteiger partial charge in [0.05, 0.1) is 13.2 Å². The molecule has 0 amide bonds. The number of rotatable bonds is 6. The van der Waals surface area contributed by atoms with Gasteiger partial charge in [0.1, 0.15) is 0 Å². The van der Waals surface area contributed by atoms with Gasteiger partial charge < -0.3 is 13.6 Å². The molecule has 0 aromatic rings. The molecule has 1 fully saturated rings. The van der Waals surface area contributed by atoms with Gasteiger partial charge in [-0.25, -0.2) is 0 Å². The van der Waals surface area contributed by atoms with Crippen molar-refractivity contribution in [2.75, 3.05) is 13.2 Å². The summed E-state index contributed by atoms with van der Waals surface area (Å²) in [7, 11) is -2.80. The maximum atomic E-state index is 11.3. The Bertz CT molecular complexity index is 303. The first-order valence-corrected chi connectivity index (χ1v) is 8.57. The van der Waals surface area contributed by atoms with Crippen LogP contribution in [0.2, 0.25) is 12.1 Å². The average Bonchev–Trinajstić information content (AvgIpc) is 2.21. The molecule has 0 spiro atoms. The zero-order valence-electron chi connectivity index (χ0n) is 11.6. The number of carbonyl (C=O) groups is 2. The van der Waals surface area contributed by atoms with Crippen molar-refractivity contribution in [2.24, 2.45) is 5.41 Å². The van der Waals surface area contributed by atoms with E-state index < -0.39 is 8.56 Å². The molecule has 0 aromatic heterocycles. The lowest BCUT2D eigenvalue weighted by Crippen LogP contribution is -2.54. The van der Waals surface area contributed by atoms with E-state index in [1.165, 1.54) is 13.8 Å². The van der Waals surface area contributed by atoms with Crippen molar-refractivity contribution in [2.45, 2.75) is 46.2 Å². The molecule has 0 bridgehead atoms. The Morgan fingerprint density at radius 2 is 1.67 bits per heavy atom. The third-order valence-electron chi connectivity index (χ3n) is 3.41. The molecule has 0 unspecified atom stereocenters. The normalized spacial score (nSPS) is 17.8. The fraction of sp³-hybridized carbons (Fsp3) is 0.833. The van der Waals surface area contributed by atoms with Crippen LogP contribution in [0.5, 0.6) is 0 Å². The van der Waals surface area contributed by atoms with Crippen molar-refractivity contribution < 1.29 is 23.2 Å². The molecule has 1 rings (SSSR count). The maximum Gasteiger partial charge on any atom is 0.464 e. The molecule has 0 aliphatic carbocycles. The van der Waals surface area contributed by atoms with Gasteiger partial charge >= 0.3 is 8.56 Å². The Kier molecular flexibility index (Phi) is 4.92. The lowest BCUT2D eigenvalue weighted by molar-refractivity contribution is -0.141. The van der Waals surface area contributed by atoms with E-state index in [-0.39, 0.29) is 17.4 Å². The van der Waals surface area contributed by atoms with Crippen LogP contribution in [-0.2, 0) is 23.2 Å². The average molecular weight is 274 g/mol. The zero-order valence-corrected chi connectivity index (χ0v) is 12.6. The van der Waals surface area contributed by atoms with E-state index in [0.29, 0.717) is 25.3 Å². The summed E-state index contributed by atoms with van der Waals surface area (Å²) in [6.07, 6.45) is 0.935. The van der Waals surface area contributed by atoms with Crippen molar-refractivity contribution in [1.82, 2.24) is 0 Å². The first kappa shape index (κ1) is 15.2. The van der Waals surface area contributed by atoms with Crippen LogP contribution < -0.4 is 0 Å². The largest absolute Gasteiger partial charge is 0.485 e. The number of carbonyl (C=O) groups excluding carboxylic acids is 2. The summed E-state index contributed by atoms with van der Waals surface area (Å²) < 4.78 is 16.1. The Morgan fingerprint density at radius 1 is 1.17 bits per heavy atom. The van der Waals surface area contributed by atoms with Crippen LogP contribution in [0, 0.1) is 5.41 Å². The van der Waals surface area contributed by atoms with Crippen molar-refractivity contribution >= 4 is 20.5 Å². The molecule has 6 heteroatoms. The zero-order chi connectivity index (χ0) is 13.8. The van der Waals surface area contributed by atoms with Gasteiger partial charge in [-0.2, -0.15) is 0 Å². The van der Waals surface area contributed by atoms with Crippen molar-refractivity contribution in [3.05, 3.63) is 0 Å². The van der Waals surface area contributed by atoms with Gasteiger partial charge in [0.15, 0.2) is 0 Å². The fourth-order valence-corrected chi connectivity index (χ4v) is 5.65. The van der Waals surface area contributed by atoms with Crippen LogP contribution in [0.25, 0.3) is 0 Å². The van der Waals surface area contributed by atoms with E-state index in [2.05, 4.69) is 6.92 Å². The second-order valence-corrected chi connectivity index (χ2v) is 8.26. The quantitative estimate of drug-likeness (QED) is 0.693. The highest BCUT2D eigenvalue weighted by atomic mass is 28.4. The summed E-state index contributed by atoms with van der Waals surface area (Å²) in [4.78, 5) is 22.5. The highest BCUT2D eigenvalue weighted by Gasteiger charge is 2.52. The third kappa shape index (κ3) is 3.55. The summed E-state index contributed by atoms with van der Waals surface area (Å²) in [5.74, 6) is -0.757. The minimum absolute atomic E-state index is 0.00708. The number of hydrogen-bond acceptors (Lipinski definition) is 5. The molecular weight excluding hydrogens is 252 g/mol. The lowest BCUT2D eigenvalue weighted by Gasteiger charge is -2.44. The standard InChI is InChI=1S/C12H22O5Si/c1-5-12(7-15-8-12)9-18(6-2,16-10(3)13)17-11(4)14/h5-9H2,1-4H3. The first-order valence-electron chi connectivity index (χ1n) is 6.34. The number of hydrogen-bond donors (Lipinski definition) is 0. The lowest BCUT2D eigenvalue weighted by atomic mass is 9.85. The monoisotopic (exact) mass is 274 g/mol. The van der Waals surface area contributed by atoms with E-state index >= 15 is 0 Å². The molecule has 5 nitrogen and oxygen atoms in total. The van der Waals surface area contributed by atoms with Crippen molar-refractivity contribution in [3.63, 3.8) is 0 Å². The van der Waals surface area contributed by atoms with Crippen LogP contribution >= 0.6 is 0 Å². The summed E-state index contributed by atoms with van der Waals surface area (Å²) in [6.45, 7) is 8.01. The van der Waals surface area contributed by atoms with Gasteiger partial charge in [0, 0.05) is 31.4 Å². The van der Waals surface area contributed by atoms with Crippen molar-refractivity contribution in [3.8, 4) is 0 Å². The van der Waals surface area contributed by atoms with E-state index in [9.17, 15) is 9.59 Å². The summed E-state index contributed by atoms with van der Waals surface area (Å²) >= 11 is 0. The highest BCUT2D eigenvalue weighted by Crippen LogP contribution is 2.41. The van der Waals surface area contributed by atoms with Gasteiger partial charge in [-0.15, -0.1) is 0 Å². The molecule has 0 atom stereocenters. The van der Waals surface area contributed by atoms with Crippen LogP contribution in [-0.4, -0.2) is 33.7 Å². The Hall–Kier alpha value is -0.883. The van der Waals surface area contributed by atoms with Crippen LogP contribution in [0.1, 0.15) is 34.1 Å². The van der Waals surface area contributed by atoms with Gasteiger partial charge in [-0.05, 0) is 6.42 Å². The molecule has 1 heterocycles. The minimum Gasteiger partial charge on any atom is -0.485 e. The van der Waals surface area contributed by atoms with Gasteiger partial charge in [0.2, 0.25) is 0 Å². The molecule has 1 aliphatic rings. The molecule has 0 N–H and O–H groups in total. The molecule has 18 heavy (non-hydrogen) atoms. The molecule has 1 saturated heterocycles. The van der Waals surface area contributed by atoms with Gasteiger partial charge in [-0.1, -0.05) is 13.8 Å². The minimum atomic E-state index is -2.80. The SMILES string of the molecule is CCC1(C[Si](CC)(OC(C)=O)OC(C)=O)COC1. The number of ether oxygens (including phenoxy) is 1. The van der Waals surface area contributed by atoms with Crippen LogP contribution in [0.3, 0.4) is 0 Å². The third-order valence-corrected chi connectivity index (χ3v) is 7.09. The second kappa shape index (κ2) is 5.84. The van der Waals surface area contributed by atoms with E-state index in [0.717, 1.165) is 6.42 Å². The van der Waals surface area contributed by atoms with E-state index in [1.54, 1.807) is 0 Å². The Balaban J connectivity index is 2.86. The second-order valence-electron chi connectivity index (χ2n) is 4.97. The smallest absolute Gasteiger partial charge is 0.464 e. The Morgan fingerprint density at radius 3 is 1.89 bits per heavy atom. The predicted octanol–water partition coefficient (Wildman–Crippen LogP) is 2.00. The summed E-state index contributed by atoms with van der Waals surface area (Å²) in [6, 6.07) is 1.21. The Labute approximate surface area is 109 Å². The van der Waals surface area contributed by atoms with Crippen LogP contribution in [0.15, 0.2) is 0 Å². The molecule has 0 aromatic carbocycles. The summed E-state index contributed by atoms with van der Waals surface area (Å²) in [5.41, 5.74) is 0.00708. The van der Waals surface area contributed by atoms with E-state index in [1.807, 2.05) is 6.92 Å². The highest BCUT2D eigenvalue weighted by molar-refractivity contribution is 6.70. The predicted molar refractivity (Wildman–Crippen MR) is 68.1 cm³/mol. The fourth-order valence-electron chi connectivity index (χ4n) is 2.28. The first-order chi connectivity index (χ1) is 8.37. The van der Waals surface area contributed by atoms with Gasteiger partial charge in [-0.3, -0.25) is 9.59 Å². The van der Waals surface area contributed by atoms with E-state index in [4.69, 9.17) is 13.6 Å². The molecule has 104 valence electrons. The molecular formula is C12H22O5Si. The topological polar surface area (TPSA) is 61.8 Å². The summed E-state index contributed by atoms with van der Waals surface area (Å²) in [5, 5.41) is 0. The van der Waals surface area contributed by atoms with Crippen LogP contribution in [0.4, 0.5) is 0 Å². The maximum absolute atomic E-state index is 11.3. The molecule has 0 radical (unpaired) electrons. The van der Waals surface area contributed by atoms with Crippen molar-refractivity contribution in [1.29, 1.82) is 0 Å². The molecule has 1 aliphatic heterocycles. The van der Waals surface area contributed by atoms with Gasteiger partial charge in [0.25, 0.3) is 11.9 Å². The molecule has 0 saturated carbocycles.